The van der Waals surface area contributed by atoms with Crippen molar-refractivity contribution in [3.8, 4) is 11.1 Å². The maximum absolute atomic E-state index is 11.3. The zero-order valence-electron chi connectivity index (χ0n) is 13.3. The molecule has 0 atom stereocenters. The third kappa shape index (κ3) is 3.98. The summed E-state index contributed by atoms with van der Waals surface area (Å²) in [6.07, 6.45) is 1.22. The summed E-state index contributed by atoms with van der Waals surface area (Å²) in [6.45, 7) is 0. The first-order valence-electron chi connectivity index (χ1n) is 7.70. The molecule has 0 aliphatic heterocycles. The lowest BCUT2D eigenvalue weighted by Crippen LogP contribution is -1.96. The molecule has 0 aromatic heterocycles. The lowest BCUT2D eigenvalue weighted by molar-refractivity contribution is -0.131. The molecule has 0 radical (unpaired) electrons. The Balaban J connectivity index is 2.02. The molecule has 0 fully saturated rings. The molecule has 0 spiro atoms. The molecule has 0 saturated heterocycles. The summed E-state index contributed by atoms with van der Waals surface area (Å²) in [5.41, 5.74) is 10.9. The molecule has 0 amide bonds. The first-order chi connectivity index (χ1) is 12.0. The summed E-state index contributed by atoms with van der Waals surface area (Å²) in [7, 11) is 0. The maximum Gasteiger partial charge on any atom is 0.328 e. The molecule has 0 heterocycles. The summed E-state index contributed by atoms with van der Waals surface area (Å²) < 4.78 is 0.738. The Bertz CT molecular complexity index is 932. The van der Waals surface area contributed by atoms with Crippen molar-refractivity contribution >= 4 is 33.2 Å². The SMILES string of the molecule is Nc1ccc(/C(=C/C(=O)O)c2ccc(-c3ccccc3)cc2)cc1Br. The summed E-state index contributed by atoms with van der Waals surface area (Å²) in [5, 5.41) is 9.25. The van der Waals surface area contributed by atoms with Crippen LogP contribution in [0.4, 0.5) is 5.69 Å². The number of carboxylic acids is 1. The smallest absolute Gasteiger partial charge is 0.328 e. The number of carbonyl (C=O) groups is 1. The van der Waals surface area contributed by atoms with Gasteiger partial charge in [0.2, 0.25) is 0 Å². The fourth-order valence-electron chi connectivity index (χ4n) is 2.62. The second-order valence-corrected chi connectivity index (χ2v) is 6.43. The van der Waals surface area contributed by atoms with Crippen molar-refractivity contribution in [3.05, 3.63) is 94.5 Å². The van der Waals surface area contributed by atoms with Gasteiger partial charge < -0.3 is 10.8 Å². The number of hydrogen-bond acceptors (Lipinski definition) is 2. The average molecular weight is 394 g/mol. The van der Waals surface area contributed by atoms with Gasteiger partial charge in [-0.25, -0.2) is 4.79 Å². The third-order valence-electron chi connectivity index (χ3n) is 3.88. The van der Waals surface area contributed by atoms with Gasteiger partial charge in [-0.05, 0) is 55.9 Å². The topological polar surface area (TPSA) is 63.3 Å². The largest absolute Gasteiger partial charge is 0.478 e. The minimum atomic E-state index is -0.991. The van der Waals surface area contributed by atoms with Crippen LogP contribution in [0.25, 0.3) is 16.7 Å². The van der Waals surface area contributed by atoms with E-state index in [-0.39, 0.29) is 0 Å². The van der Waals surface area contributed by atoms with Gasteiger partial charge in [-0.1, -0.05) is 60.7 Å². The van der Waals surface area contributed by atoms with Crippen LogP contribution in [0.2, 0.25) is 0 Å². The number of nitrogen functional groups attached to an aromatic ring is 1. The minimum Gasteiger partial charge on any atom is -0.478 e. The van der Waals surface area contributed by atoms with Crippen LogP contribution >= 0.6 is 15.9 Å². The maximum atomic E-state index is 11.3. The third-order valence-corrected chi connectivity index (χ3v) is 4.57. The van der Waals surface area contributed by atoms with Crippen LogP contribution in [0, 0.1) is 0 Å². The molecule has 124 valence electrons. The predicted molar refractivity (Wildman–Crippen MR) is 105 cm³/mol. The number of hydrogen-bond donors (Lipinski definition) is 2. The monoisotopic (exact) mass is 393 g/mol. The molecule has 0 unspecified atom stereocenters. The fourth-order valence-corrected chi connectivity index (χ4v) is 3.00. The molecular weight excluding hydrogens is 378 g/mol. The molecule has 4 heteroatoms. The molecule has 0 bridgehead atoms. The molecule has 3 aromatic carbocycles. The van der Waals surface area contributed by atoms with E-state index in [0.29, 0.717) is 11.3 Å². The Labute approximate surface area is 154 Å². The van der Waals surface area contributed by atoms with Gasteiger partial charge in [0.25, 0.3) is 0 Å². The standard InChI is InChI=1S/C21H16BrNO2/c22-19-12-17(10-11-20(19)23)18(13-21(24)25)16-8-6-15(7-9-16)14-4-2-1-3-5-14/h1-13H,23H2,(H,24,25)/b18-13+. The van der Waals surface area contributed by atoms with E-state index in [1.54, 1.807) is 6.07 Å². The fraction of sp³-hybridized carbons (Fsp3) is 0. The molecule has 3 N–H and O–H groups in total. The number of anilines is 1. The normalized spacial score (nSPS) is 11.3. The lowest BCUT2D eigenvalue weighted by Gasteiger charge is -2.11. The number of halogens is 1. The van der Waals surface area contributed by atoms with Crippen molar-refractivity contribution in [2.45, 2.75) is 0 Å². The number of aliphatic carboxylic acids is 1. The second-order valence-electron chi connectivity index (χ2n) is 5.58. The highest BCUT2D eigenvalue weighted by Crippen LogP contribution is 2.30. The van der Waals surface area contributed by atoms with E-state index in [2.05, 4.69) is 15.9 Å². The van der Waals surface area contributed by atoms with Crippen molar-refractivity contribution in [2.75, 3.05) is 5.73 Å². The van der Waals surface area contributed by atoms with Crippen molar-refractivity contribution < 1.29 is 9.90 Å². The Kier molecular flexibility index (Phi) is 5.00. The molecule has 0 saturated carbocycles. The molecule has 3 aromatic rings. The molecule has 3 rings (SSSR count). The first kappa shape index (κ1) is 17.0. The second kappa shape index (κ2) is 7.36. The minimum absolute atomic E-state index is 0.609. The van der Waals surface area contributed by atoms with E-state index >= 15 is 0 Å². The molecule has 25 heavy (non-hydrogen) atoms. The van der Waals surface area contributed by atoms with Crippen molar-refractivity contribution in [1.29, 1.82) is 0 Å². The molecular formula is C21H16BrNO2. The van der Waals surface area contributed by atoms with Crippen LogP contribution in [-0.2, 0) is 4.79 Å². The highest BCUT2D eigenvalue weighted by atomic mass is 79.9. The van der Waals surface area contributed by atoms with Crippen LogP contribution in [-0.4, -0.2) is 11.1 Å². The van der Waals surface area contributed by atoms with Crippen molar-refractivity contribution in [1.82, 2.24) is 0 Å². The van der Waals surface area contributed by atoms with E-state index in [1.165, 1.54) is 6.08 Å². The molecule has 0 aliphatic carbocycles. The van der Waals surface area contributed by atoms with Crippen molar-refractivity contribution in [3.63, 3.8) is 0 Å². The number of nitrogens with two attached hydrogens (primary N) is 1. The van der Waals surface area contributed by atoms with E-state index < -0.39 is 5.97 Å². The van der Waals surface area contributed by atoms with E-state index in [1.807, 2.05) is 66.7 Å². The molecule has 3 nitrogen and oxygen atoms in total. The Morgan fingerprint density at radius 2 is 1.48 bits per heavy atom. The lowest BCUT2D eigenvalue weighted by atomic mass is 9.95. The summed E-state index contributed by atoms with van der Waals surface area (Å²) >= 11 is 3.40. The predicted octanol–water partition coefficient (Wildman–Crippen LogP) is 5.21. The Hall–Kier alpha value is -2.85. The van der Waals surface area contributed by atoms with E-state index in [9.17, 15) is 9.90 Å². The zero-order valence-corrected chi connectivity index (χ0v) is 14.9. The van der Waals surface area contributed by atoms with Gasteiger partial charge in [-0.2, -0.15) is 0 Å². The summed E-state index contributed by atoms with van der Waals surface area (Å²) in [4.78, 5) is 11.3. The van der Waals surface area contributed by atoms with E-state index in [0.717, 1.165) is 26.7 Å². The van der Waals surface area contributed by atoms with Gasteiger partial charge in [0, 0.05) is 16.2 Å². The first-order valence-corrected chi connectivity index (χ1v) is 8.50. The van der Waals surface area contributed by atoms with Gasteiger partial charge in [0.15, 0.2) is 0 Å². The number of carboxylic acid groups (broad SMARTS) is 1. The highest BCUT2D eigenvalue weighted by Gasteiger charge is 2.10. The molecule has 0 aliphatic rings. The van der Waals surface area contributed by atoms with Crippen LogP contribution in [0.3, 0.4) is 0 Å². The average Bonchev–Trinajstić information content (AvgIpc) is 2.63. The van der Waals surface area contributed by atoms with Gasteiger partial charge in [0.05, 0.1) is 0 Å². The van der Waals surface area contributed by atoms with Crippen LogP contribution in [0.5, 0.6) is 0 Å². The quantitative estimate of drug-likeness (QED) is 0.471. The van der Waals surface area contributed by atoms with Gasteiger partial charge in [-0.15, -0.1) is 0 Å². The highest BCUT2D eigenvalue weighted by molar-refractivity contribution is 9.10. The van der Waals surface area contributed by atoms with Crippen LogP contribution in [0.1, 0.15) is 11.1 Å². The van der Waals surface area contributed by atoms with Gasteiger partial charge in [0.1, 0.15) is 0 Å². The Morgan fingerprint density at radius 1 is 0.880 bits per heavy atom. The number of rotatable bonds is 4. The zero-order chi connectivity index (χ0) is 17.8. The van der Waals surface area contributed by atoms with Crippen LogP contribution < -0.4 is 5.73 Å². The van der Waals surface area contributed by atoms with E-state index in [4.69, 9.17) is 5.73 Å². The summed E-state index contributed by atoms with van der Waals surface area (Å²) in [6, 6.07) is 23.3. The van der Waals surface area contributed by atoms with Gasteiger partial charge in [-0.3, -0.25) is 0 Å². The summed E-state index contributed by atoms with van der Waals surface area (Å²) in [5.74, 6) is -0.991. The van der Waals surface area contributed by atoms with Crippen LogP contribution in [0.15, 0.2) is 83.3 Å². The Morgan fingerprint density at radius 3 is 2.08 bits per heavy atom. The van der Waals surface area contributed by atoms with Crippen molar-refractivity contribution in [2.24, 2.45) is 0 Å². The number of benzene rings is 3. The van der Waals surface area contributed by atoms with Gasteiger partial charge >= 0.3 is 5.97 Å².